The Morgan fingerprint density at radius 2 is 1.83 bits per heavy atom. The first-order chi connectivity index (χ1) is 8.65. The molecule has 1 aliphatic rings. The van der Waals surface area contributed by atoms with Crippen molar-refractivity contribution in [2.75, 3.05) is 26.2 Å². The normalized spacial score (nSPS) is 18.3. The van der Waals surface area contributed by atoms with Crippen molar-refractivity contribution in [2.45, 2.75) is 58.5 Å². The monoisotopic (exact) mass is 256 g/mol. The Bertz CT molecular complexity index is 248. The summed E-state index contributed by atoms with van der Waals surface area (Å²) in [5.74, 6) is 0.195. The molecule has 106 valence electrons. The summed E-state index contributed by atoms with van der Waals surface area (Å²) in [6, 6.07) is 0.367. The lowest BCUT2D eigenvalue weighted by Crippen LogP contribution is -2.51. The summed E-state index contributed by atoms with van der Waals surface area (Å²) in [5, 5.41) is 9.21. The Morgan fingerprint density at radius 3 is 2.28 bits per heavy atom. The molecular weight excluding hydrogens is 228 g/mol. The number of amides is 1. The van der Waals surface area contributed by atoms with Crippen LogP contribution in [0.4, 0.5) is 0 Å². The average Bonchev–Trinajstić information content (AvgIpc) is 2.90. The smallest absolute Gasteiger partial charge is 0.239 e. The van der Waals surface area contributed by atoms with Gasteiger partial charge in [0.05, 0.1) is 12.6 Å². The van der Waals surface area contributed by atoms with Gasteiger partial charge in [0.25, 0.3) is 0 Å². The fourth-order valence-corrected chi connectivity index (χ4v) is 2.99. The van der Waals surface area contributed by atoms with Crippen molar-refractivity contribution in [3.8, 4) is 0 Å². The molecule has 18 heavy (non-hydrogen) atoms. The van der Waals surface area contributed by atoms with Crippen LogP contribution in [0.2, 0.25) is 0 Å². The van der Waals surface area contributed by atoms with E-state index in [9.17, 15) is 9.90 Å². The van der Waals surface area contributed by atoms with Crippen LogP contribution in [-0.2, 0) is 4.79 Å². The zero-order valence-corrected chi connectivity index (χ0v) is 12.1. The summed E-state index contributed by atoms with van der Waals surface area (Å²) < 4.78 is 0. The van der Waals surface area contributed by atoms with E-state index in [2.05, 4.69) is 4.90 Å². The van der Waals surface area contributed by atoms with Crippen molar-refractivity contribution in [1.82, 2.24) is 9.80 Å². The summed E-state index contributed by atoms with van der Waals surface area (Å²) in [5.41, 5.74) is 0. The summed E-state index contributed by atoms with van der Waals surface area (Å²) in [7, 11) is 0. The topological polar surface area (TPSA) is 43.8 Å². The van der Waals surface area contributed by atoms with E-state index < -0.39 is 0 Å². The van der Waals surface area contributed by atoms with Gasteiger partial charge in [0.1, 0.15) is 0 Å². The van der Waals surface area contributed by atoms with E-state index >= 15 is 0 Å². The molecule has 0 aromatic rings. The minimum atomic E-state index is -0.111. The van der Waals surface area contributed by atoms with Crippen LogP contribution < -0.4 is 0 Å². The third-order valence-electron chi connectivity index (χ3n) is 4.08. The maximum atomic E-state index is 12.4. The highest BCUT2D eigenvalue weighted by molar-refractivity contribution is 5.81. The number of rotatable bonds is 7. The molecule has 0 aromatic carbocycles. The molecular formula is C14H28N2O2. The second-order valence-electron chi connectivity index (χ2n) is 5.09. The number of carbonyl (C=O) groups is 1. The van der Waals surface area contributed by atoms with Crippen LogP contribution >= 0.6 is 0 Å². The van der Waals surface area contributed by atoms with Crippen molar-refractivity contribution in [1.29, 1.82) is 0 Å². The minimum Gasteiger partial charge on any atom is -0.395 e. The average molecular weight is 256 g/mol. The summed E-state index contributed by atoms with van der Waals surface area (Å²) in [6.07, 6.45) is 4.82. The lowest BCUT2D eigenvalue weighted by atomic mass is 10.1. The van der Waals surface area contributed by atoms with Gasteiger partial charge in [0, 0.05) is 25.7 Å². The molecule has 1 atom stereocenters. The fraction of sp³-hybridized carbons (Fsp3) is 0.929. The van der Waals surface area contributed by atoms with Crippen LogP contribution in [0.5, 0.6) is 0 Å². The Kier molecular flexibility index (Phi) is 6.65. The van der Waals surface area contributed by atoms with Gasteiger partial charge >= 0.3 is 0 Å². The fourth-order valence-electron chi connectivity index (χ4n) is 2.99. The molecule has 0 aliphatic heterocycles. The van der Waals surface area contributed by atoms with E-state index in [1.165, 1.54) is 12.8 Å². The molecule has 4 heteroatoms. The second kappa shape index (κ2) is 7.74. The second-order valence-corrected chi connectivity index (χ2v) is 5.09. The van der Waals surface area contributed by atoms with E-state index in [0.29, 0.717) is 12.6 Å². The number of aliphatic hydroxyl groups is 1. The van der Waals surface area contributed by atoms with Gasteiger partial charge in [-0.15, -0.1) is 0 Å². The molecule has 1 unspecified atom stereocenters. The van der Waals surface area contributed by atoms with Crippen LogP contribution in [0.15, 0.2) is 0 Å². The Balaban J connectivity index is 2.68. The van der Waals surface area contributed by atoms with Crippen LogP contribution in [-0.4, -0.2) is 59.1 Å². The van der Waals surface area contributed by atoms with Gasteiger partial charge in [-0.3, -0.25) is 9.69 Å². The Morgan fingerprint density at radius 1 is 1.28 bits per heavy atom. The highest BCUT2D eigenvalue weighted by atomic mass is 16.3. The largest absolute Gasteiger partial charge is 0.395 e. The van der Waals surface area contributed by atoms with Gasteiger partial charge in [-0.05, 0) is 33.6 Å². The third kappa shape index (κ3) is 3.69. The van der Waals surface area contributed by atoms with E-state index in [-0.39, 0.29) is 18.6 Å². The first kappa shape index (κ1) is 15.4. The first-order valence-corrected chi connectivity index (χ1v) is 7.31. The van der Waals surface area contributed by atoms with E-state index in [0.717, 1.165) is 25.9 Å². The predicted octanol–water partition coefficient (Wildman–Crippen LogP) is 1.48. The summed E-state index contributed by atoms with van der Waals surface area (Å²) >= 11 is 0. The molecule has 1 amide bonds. The number of hydrogen-bond donors (Lipinski definition) is 1. The highest BCUT2D eigenvalue weighted by Gasteiger charge is 2.31. The molecule has 1 rings (SSSR count). The SMILES string of the molecule is CCN(CC)C(=O)C(C)N(CCO)C1CCCC1. The van der Waals surface area contributed by atoms with Crippen LogP contribution in [0.1, 0.15) is 46.5 Å². The Hall–Kier alpha value is -0.610. The Labute approximate surface area is 111 Å². The maximum Gasteiger partial charge on any atom is 0.239 e. The number of aliphatic hydroxyl groups excluding tert-OH is 1. The molecule has 1 saturated carbocycles. The molecule has 0 radical (unpaired) electrons. The molecule has 1 fully saturated rings. The van der Waals surface area contributed by atoms with E-state index in [1.54, 1.807) is 0 Å². The standard InChI is InChI=1S/C14H28N2O2/c1-4-15(5-2)14(18)12(3)16(10-11-17)13-8-6-7-9-13/h12-13,17H,4-11H2,1-3H3. The summed E-state index contributed by atoms with van der Waals surface area (Å²) in [4.78, 5) is 16.5. The van der Waals surface area contributed by atoms with Gasteiger partial charge in [-0.1, -0.05) is 12.8 Å². The minimum absolute atomic E-state index is 0.111. The van der Waals surface area contributed by atoms with Crippen LogP contribution in [0.25, 0.3) is 0 Å². The predicted molar refractivity (Wildman–Crippen MR) is 73.4 cm³/mol. The van der Waals surface area contributed by atoms with Crippen molar-refractivity contribution in [2.24, 2.45) is 0 Å². The zero-order valence-electron chi connectivity index (χ0n) is 12.1. The number of likely N-dealkylation sites (N-methyl/N-ethyl adjacent to an activating group) is 1. The summed E-state index contributed by atoms with van der Waals surface area (Å²) in [6.45, 7) is 8.27. The van der Waals surface area contributed by atoms with Gasteiger partial charge in [-0.25, -0.2) is 0 Å². The van der Waals surface area contributed by atoms with Crippen LogP contribution in [0.3, 0.4) is 0 Å². The molecule has 0 aromatic heterocycles. The number of carbonyl (C=O) groups excluding carboxylic acids is 1. The molecule has 0 heterocycles. The third-order valence-corrected chi connectivity index (χ3v) is 4.08. The lowest BCUT2D eigenvalue weighted by Gasteiger charge is -2.35. The van der Waals surface area contributed by atoms with Gasteiger partial charge in [-0.2, -0.15) is 0 Å². The van der Waals surface area contributed by atoms with Gasteiger partial charge in [0.2, 0.25) is 5.91 Å². The maximum absolute atomic E-state index is 12.4. The van der Waals surface area contributed by atoms with Crippen molar-refractivity contribution < 1.29 is 9.90 Å². The quantitative estimate of drug-likeness (QED) is 0.750. The van der Waals surface area contributed by atoms with Crippen LogP contribution in [0, 0.1) is 0 Å². The number of hydrogen-bond acceptors (Lipinski definition) is 3. The van der Waals surface area contributed by atoms with Gasteiger partial charge < -0.3 is 10.0 Å². The van der Waals surface area contributed by atoms with Crippen molar-refractivity contribution in [3.05, 3.63) is 0 Å². The lowest BCUT2D eigenvalue weighted by molar-refractivity contribution is -0.137. The van der Waals surface area contributed by atoms with E-state index in [1.807, 2.05) is 25.7 Å². The van der Waals surface area contributed by atoms with Gasteiger partial charge in [0.15, 0.2) is 0 Å². The molecule has 1 aliphatic carbocycles. The molecule has 0 bridgehead atoms. The number of nitrogens with zero attached hydrogens (tertiary/aromatic N) is 2. The molecule has 0 saturated heterocycles. The molecule has 1 N–H and O–H groups in total. The first-order valence-electron chi connectivity index (χ1n) is 7.31. The molecule has 4 nitrogen and oxygen atoms in total. The van der Waals surface area contributed by atoms with E-state index in [4.69, 9.17) is 0 Å². The molecule has 0 spiro atoms. The highest BCUT2D eigenvalue weighted by Crippen LogP contribution is 2.25. The van der Waals surface area contributed by atoms with Crippen molar-refractivity contribution in [3.63, 3.8) is 0 Å². The van der Waals surface area contributed by atoms with Crippen molar-refractivity contribution >= 4 is 5.91 Å². The zero-order chi connectivity index (χ0) is 13.5.